The maximum absolute atomic E-state index is 12.8. The van der Waals surface area contributed by atoms with Crippen LogP contribution < -0.4 is 10.1 Å². The van der Waals surface area contributed by atoms with Crippen LogP contribution in [0.5, 0.6) is 5.75 Å². The molecule has 0 aliphatic carbocycles. The second kappa shape index (κ2) is 9.71. The molecule has 0 spiro atoms. The molecule has 27 heavy (non-hydrogen) atoms. The summed E-state index contributed by atoms with van der Waals surface area (Å²) in [7, 11) is 0. The van der Waals surface area contributed by atoms with Gasteiger partial charge in [-0.2, -0.15) is 0 Å². The Labute approximate surface area is 158 Å². The van der Waals surface area contributed by atoms with Crippen molar-refractivity contribution >= 4 is 11.9 Å². The number of ether oxygens (including phenoxy) is 2. The summed E-state index contributed by atoms with van der Waals surface area (Å²) < 4.78 is 23.4. The molecule has 0 saturated carbocycles. The highest BCUT2D eigenvalue weighted by atomic mass is 19.1. The van der Waals surface area contributed by atoms with Crippen molar-refractivity contribution in [2.24, 2.45) is 5.92 Å². The van der Waals surface area contributed by atoms with Crippen LogP contribution in [0.4, 0.5) is 4.39 Å². The molecule has 0 unspecified atom stereocenters. The second-order valence-electron chi connectivity index (χ2n) is 6.48. The van der Waals surface area contributed by atoms with Crippen molar-refractivity contribution < 1.29 is 23.5 Å². The van der Waals surface area contributed by atoms with E-state index in [0.29, 0.717) is 11.3 Å². The van der Waals surface area contributed by atoms with Crippen molar-refractivity contribution in [2.75, 3.05) is 13.2 Å². The molecule has 0 aliphatic rings. The molecule has 0 aliphatic heterocycles. The van der Waals surface area contributed by atoms with E-state index in [2.05, 4.69) is 5.32 Å². The fourth-order valence-corrected chi connectivity index (χ4v) is 2.47. The average molecular weight is 373 g/mol. The van der Waals surface area contributed by atoms with Crippen LogP contribution in [-0.4, -0.2) is 31.1 Å². The molecule has 2 rings (SSSR count). The van der Waals surface area contributed by atoms with Gasteiger partial charge >= 0.3 is 5.97 Å². The predicted molar refractivity (Wildman–Crippen MR) is 100 cm³/mol. The molecule has 0 saturated heterocycles. The summed E-state index contributed by atoms with van der Waals surface area (Å²) in [4.78, 5) is 24.8. The lowest BCUT2D eigenvalue weighted by Crippen LogP contribution is -2.45. The third-order valence-corrected chi connectivity index (χ3v) is 4.01. The van der Waals surface area contributed by atoms with Crippen LogP contribution in [-0.2, 0) is 9.53 Å². The van der Waals surface area contributed by atoms with E-state index in [1.165, 1.54) is 24.3 Å². The summed E-state index contributed by atoms with van der Waals surface area (Å²) in [6, 6.07) is 12.0. The van der Waals surface area contributed by atoms with E-state index in [9.17, 15) is 14.0 Å². The minimum absolute atomic E-state index is 0.0274. The molecule has 0 radical (unpaired) electrons. The zero-order chi connectivity index (χ0) is 19.8. The third kappa shape index (κ3) is 6.09. The Morgan fingerprint density at radius 1 is 1.04 bits per heavy atom. The van der Waals surface area contributed by atoms with Gasteiger partial charge < -0.3 is 14.8 Å². The second-order valence-corrected chi connectivity index (χ2v) is 6.48. The maximum atomic E-state index is 12.8. The van der Waals surface area contributed by atoms with Crippen molar-refractivity contribution in [3.05, 3.63) is 65.5 Å². The molecule has 2 aromatic rings. The molecule has 1 atom stereocenters. The number of rotatable bonds is 8. The minimum Gasteiger partial charge on any atom is -0.490 e. The van der Waals surface area contributed by atoms with E-state index in [-0.39, 0.29) is 30.9 Å². The number of nitrogens with one attached hydrogen (secondary N) is 1. The fourth-order valence-electron chi connectivity index (χ4n) is 2.47. The van der Waals surface area contributed by atoms with Gasteiger partial charge in [0.15, 0.2) is 0 Å². The quantitative estimate of drug-likeness (QED) is 0.568. The van der Waals surface area contributed by atoms with Gasteiger partial charge in [0.25, 0.3) is 5.91 Å². The van der Waals surface area contributed by atoms with Gasteiger partial charge in [0.1, 0.15) is 30.8 Å². The van der Waals surface area contributed by atoms with E-state index < -0.39 is 12.0 Å². The molecule has 0 aromatic heterocycles. The topological polar surface area (TPSA) is 64.6 Å². The van der Waals surface area contributed by atoms with Crippen LogP contribution >= 0.6 is 0 Å². The first-order chi connectivity index (χ1) is 12.9. The fraction of sp³-hybridized carbons (Fsp3) is 0.333. The summed E-state index contributed by atoms with van der Waals surface area (Å²) in [5, 5.41) is 2.74. The molecule has 144 valence electrons. The van der Waals surface area contributed by atoms with Crippen molar-refractivity contribution in [3.8, 4) is 5.75 Å². The summed E-state index contributed by atoms with van der Waals surface area (Å²) in [5.74, 6) is -0.830. The lowest BCUT2D eigenvalue weighted by Gasteiger charge is -2.21. The lowest BCUT2D eigenvalue weighted by atomic mass is 10.0. The number of carbonyl (C=O) groups is 2. The number of hydrogen-bond acceptors (Lipinski definition) is 4. The Morgan fingerprint density at radius 3 is 2.33 bits per heavy atom. The SMILES string of the molecule is Cc1ccccc1C(=O)N[C@H](C(=O)OCCOc1ccc(F)cc1)C(C)C. The lowest BCUT2D eigenvalue weighted by molar-refractivity contribution is -0.147. The van der Waals surface area contributed by atoms with Crippen molar-refractivity contribution in [1.29, 1.82) is 0 Å². The zero-order valence-electron chi connectivity index (χ0n) is 15.7. The first-order valence-corrected chi connectivity index (χ1v) is 8.80. The average Bonchev–Trinajstić information content (AvgIpc) is 2.64. The standard InChI is InChI=1S/C21H24FNO4/c1-14(2)19(23-20(24)18-7-5-4-6-15(18)3)21(25)27-13-12-26-17-10-8-16(22)9-11-17/h4-11,14,19H,12-13H2,1-3H3,(H,23,24)/t19-/m0/s1. The van der Waals surface area contributed by atoms with Crippen LogP contribution in [0, 0.1) is 18.7 Å². The monoisotopic (exact) mass is 373 g/mol. The Hall–Kier alpha value is -2.89. The number of hydrogen-bond donors (Lipinski definition) is 1. The molecule has 1 N–H and O–H groups in total. The number of benzene rings is 2. The summed E-state index contributed by atoms with van der Waals surface area (Å²) >= 11 is 0. The normalized spacial score (nSPS) is 11.7. The van der Waals surface area contributed by atoms with Gasteiger partial charge in [0, 0.05) is 5.56 Å². The van der Waals surface area contributed by atoms with Crippen LogP contribution in [0.25, 0.3) is 0 Å². The van der Waals surface area contributed by atoms with E-state index in [0.717, 1.165) is 5.56 Å². The number of amides is 1. The number of aryl methyl sites for hydroxylation is 1. The molecule has 0 bridgehead atoms. The van der Waals surface area contributed by atoms with Gasteiger partial charge in [0.05, 0.1) is 0 Å². The van der Waals surface area contributed by atoms with E-state index in [4.69, 9.17) is 9.47 Å². The molecule has 6 heteroatoms. The Bertz CT molecular complexity index is 774. The van der Waals surface area contributed by atoms with Crippen molar-refractivity contribution in [3.63, 3.8) is 0 Å². The molecule has 0 heterocycles. The number of carbonyl (C=O) groups excluding carboxylic acids is 2. The number of halogens is 1. The summed E-state index contributed by atoms with van der Waals surface area (Å²) in [5.41, 5.74) is 1.36. The van der Waals surface area contributed by atoms with E-state index >= 15 is 0 Å². The van der Waals surface area contributed by atoms with Crippen molar-refractivity contribution in [1.82, 2.24) is 5.32 Å². The minimum atomic E-state index is -0.761. The van der Waals surface area contributed by atoms with Gasteiger partial charge in [-0.05, 0) is 48.7 Å². The summed E-state index contributed by atoms with van der Waals surface area (Å²) in [6.45, 7) is 5.66. The smallest absolute Gasteiger partial charge is 0.329 e. The highest BCUT2D eigenvalue weighted by Gasteiger charge is 2.26. The largest absolute Gasteiger partial charge is 0.490 e. The third-order valence-electron chi connectivity index (χ3n) is 4.01. The van der Waals surface area contributed by atoms with Crippen LogP contribution in [0.1, 0.15) is 29.8 Å². The van der Waals surface area contributed by atoms with Gasteiger partial charge in [-0.3, -0.25) is 4.79 Å². The highest BCUT2D eigenvalue weighted by Crippen LogP contribution is 2.12. The predicted octanol–water partition coefficient (Wildman–Crippen LogP) is 3.51. The van der Waals surface area contributed by atoms with Gasteiger partial charge in [0.2, 0.25) is 0 Å². The van der Waals surface area contributed by atoms with Crippen molar-refractivity contribution in [2.45, 2.75) is 26.8 Å². The van der Waals surface area contributed by atoms with E-state index in [1.54, 1.807) is 12.1 Å². The highest BCUT2D eigenvalue weighted by molar-refractivity contribution is 5.98. The molecule has 1 amide bonds. The summed E-state index contributed by atoms with van der Waals surface area (Å²) in [6.07, 6.45) is 0. The number of esters is 1. The Kier molecular flexibility index (Phi) is 7.34. The van der Waals surface area contributed by atoms with Gasteiger partial charge in [-0.15, -0.1) is 0 Å². The first-order valence-electron chi connectivity index (χ1n) is 8.80. The molecule has 2 aromatic carbocycles. The zero-order valence-corrected chi connectivity index (χ0v) is 15.7. The van der Waals surface area contributed by atoms with Gasteiger partial charge in [-0.25, -0.2) is 9.18 Å². The Balaban J connectivity index is 1.86. The van der Waals surface area contributed by atoms with Gasteiger partial charge in [-0.1, -0.05) is 32.0 Å². The molecular formula is C21H24FNO4. The van der Waals surface area contributed by atoms with Crippen LogP contribution in [0.15, 0.2) is 48.5 Å². The van der Waals surface area contributed by atoms with Crippen LogP contribution in [0.2, 0.25) is 0 Å². The first kappa shape index (κ1) is 20.4. The molecule has 5 nitrogen and oxygen atoms in total. The maximum Gasteiger partial charge on any atom is 0.329 e. The molecular weight excluding hydrogens is 349 g/mol. The van der Waals surface area contributed by atoms with Crippen LogP contribution in [0.3, 0.4) is 0 Å². The van der Waals surface area contributed by atoms with E-state index in [1.807, 2.05) is 32.9 Å². The molecule has 0 fully saturated rings. The Morgan fingerprint density at radius 2 is 1.70 bits per heavy atom.